The Hall–Kier alpha value is -1.02. The highest BCUT2D eigenvalue weighted by Gasteiger charge is 2.32. The van der Waals surface area contributed by atoms with E-state index in [0.29, 0.717) is 12.1 Å². The zero-order valence-corrected chi connectivity index (χ0v) is 9.73. The molecule has 0 spiro atoms. The maximum Gasteiger partial charge on any atom is 0.119 e. The Balaban J connectivity index is 1.82. The molecule has 15 heavy (non-hydrogen) atoms. The van der Waals surface area contributed by atoms with Crippen molar-refractivity contribution in [3.63, 3.8) is 0 Å². The van der Waals surface area contributed by atoms with Gasteiger partial charge >= 0.3 is 0 Å². The fourth-order valence-corrected chi connectivity index (χ4v) is 1.87. The van der Waals surface area contributed by atoms with Crippen molar-refractivity contribution in [3.05, 3.63) is 29.8 Å². The van der Waals surface area contributed by atoms with Crippen molar-refractivity contribution < 1.29 is 4.74 Å². The van der Waals surface area contributed by atoms with Crippen LogP contribution in [0.4, 0.5) is 0 Å². The highest BCUT2D eigenvalue weighted by molar-refractivity contribution is 5.26. The predicted molar refractivity (Wildman–Crippen MR) is 62.3 cm³/mol. The average Bonchev–Trinajstić information content (AvgIpc) is 2.13. The molecule has 0 bridgehead atoms. The van der Waals surface area contributed by atoms with Crippen molar-refractivity contribution in [1.29, 1.82) is 0 Å². The Labute approximate surface area is 91.9 Å². The maximum atomic E-state index is 5.86. The van der Waals surface area contributed by atoms with Gasteiger partial charge in [-0.25, -0.2) is 0 Å². The average molecular weight is 205 g/mol. The smallest absolute Gasteiger partial charge is 0.119 e. The third-order valence-electron chi connectivity index (χ3n) is 3.12. The summed E-state index contributed by atoms with van der Waals surface area (Å²) in [5.41, 5.74) is 1.28. The SMILES string of the molecule is Cc1ccc(OC2CC(N(C)C)C2)cc1. The van der Waals surface area contributed by atoms with E-state index >= 15 is 0 Å². The van der Waals surface area contributed by atoms with E-state index in [1.54, 1.807) is 0 Å². The van der Waals surface area contributed by atoms with Crippen LogP contribution in [0.15, 0.2) is 24.3 Å². The number of rotatable bonds is 3. The molecule has 0 amide bonds. The molecule has 0 saturated heterocycles. The fraction of sp³-hybridized carbons (Fsp3) is 0.538. The minimum atomic E-state index is 0.417. The quantitative estimate of drug-likeness (QED) is 0.751. The lowest BCUT2D eigenvalue weighted by atomic mass is 9.88. The van der Waals surface area contributed by atoms with Gasteiger partial charge in [-0.05, 0) is 46.0 Å². The van der Waals surface area contributed by atoms with E-state index in [1.165, 1.54) is 5.56 Å². The zero-order valence-electron chi connectivity index (χ0n) is 9.73. The molecule has 1 aliphatic rings. The van der Waals surface area contributed by atoms with Crippen LogP contribution in [0.3, 0.4) is 0 Å². The second-order valence-corrected chi connectivity index (χ2v) is 4.64. The Morgan fingerprint density at radius 2 is 1.73 bits per heavy atom. The molecule has 2 rings (SSSR count). The zero-order chi connectivity index (χ0) is 10.8. The van der Waals surface area contributed by atoms with Crippen LogP contribution in [0.25, 0.3) is 0 Å². The molecule has 0 atom stereocenters. The van der Waals surface area contributed by atoms with Crippen molar-refractivity contribution in [1.82, 2.24) is 4.90 Å². The van der Waals surface area contributed by atoms with Crippen LogP contribution in [0.2, 0.25) is 0 Å². The van der Waals surface area contributed by atoms with Gasteiger partial charge in [0, 0.05) is 6.04 Å². The number of hydrogen-bond acceptors (Lipinski definition) is 2. The minimum absolute atomic E-state index is 0.417. The lowest BCUT2D eigenvalue weighted by molar-refractivity contribution is 0.0401. The van der Waals surface area contributed by atoms with Crippen LogP contribution in [0, 0.1) is 6.92 Å². The topological polar surface area (TPSA) is 12.5 Å². The van der Waals surface area contributed by atoms with E-state index in [-0.39, 0.29) is 0 Å². The Morgan fingerprint density at radius 1 is 1.13 bits per heavy atom. The van der Waals surface area contributed by atoms with Crippen molar-refractivity contribution in [2.75, 3.05) is 14.1 Å². The van der Waals surface area contributed by atoms with Gasteiger partial charge in [0.1, 0.15) is 11.9 Å². The molecule has 1 aromatic carbocycles. The molecule has 1 saturated carbocycles. The maximum absolute atomic E-state index is 5.86. The van der Waals surface area contributed by atoms with Gasteiger partial charge < -0.3 is 9.64 Å². The Bertz CT molecular complexity index is 312. The van der Waals surface area contributed by atoms with E-state index in [4.69, 9.17) is 4.74 Å². The van der Waals surface area contributed by atoms with Crippen LogP contribution < -0.4 is 4.74 Å². The molecule has 1 fully saturated rings. The van der Waals surface area contributed by atoms with Gasteiger partial charge in [0.2, 0.25) is 0 Å². The molecule has 2 nitrogen and oxygen atoms in total. The molecule has 0 aromatic heterocycles. The molecule has 0 heterocycles. The number of hydrogen-bond donors (Lipinski definition) is 0. The standard InChI is InChI=1S/C13H19NO/c1-10-4-6-12(7-5-10)15-13-8-11(9-13)14(2)3/h4-7,11,13H,8-9H2,1-3H3. The normalized spacial score (nSPS) is 25.1. The molecule has 0 radical (unpaired) electrons. The number of ether oxygens (including phenoxy) is 1. The monoisotopic (exact) mass is 205 g/mol. The summed E-state index contributed by atoms with van der Waals surface area (Å²) in [4.78, 5) is 2.27. The third kappa shape index (κ3) is 2.51. The van der Waals surface area contributed by atoms with Crippen LogP contribution in [0.5, 0.6) is 5.75 Å². The molecular formula is C13H19NO. The first kappa shape index (κ1) is 10.5. The van der Waals surface area contributed by atoms with E-state index in [1.807, 2.05) is 0 Å². The molecule has 0 unspecified atom stereocenters. The fourth-order valence-electron chi connectivity index (χ4n) is 1.87. The van der Waals surface area contributed by atoms with Crippen LogP contribution >= 0.6 is 0 Å². The minimum Gasteiger partial charge on any atom is -0.490 e. The van der Waals surface area contributed by atoms with Crippen molar-refractivity contribution in [2.24, 2.45) is 0 Å². The molecule has 82 valence electrons. The lowest BCUT2D eigenvalue weighted by Gasteiger charge is -2.39. The summed E-state index contributed by atoms with van der Waals surface area (Å²) in [6.45, 7) is 2.09. The number of benzene rings is 1. The first-order valence-electron chi connectivity index (χ1n) is 5.55. The van der Waals surface area contributed by atoms with Gasteiger partial charge in [-0.1, -0.05) is 17.7 Å². The number of nitrogens with zero attached hydrogens (tertiary/aromatic N) is 1. The Morgan fingerprint density at radius 3 is 2.27 bits per heavy atom. The summed E-state index contributed by atoms with van der Waals surface area (Å²) in [6, 6.07) is 9.01. The van der Waals surface area contributed by atoms with Gasteiger partial charge in [-0.3, -0.25) is 0 Å². The largest absolute Gasteiger partial charge is 0.490 e. The molecule has 0 N–H and O–H groups in total. The van der Waals surface area contributed by atoms with E-state index < -0.39 is 0 Å². The van der Waals surface area contributed by atoms with Crippen molar-refractivity contribution in [3.8, 4) is 5.75 Å². The summed E-state index contributed by atoms with van der Waals surface area (Å²) in [5, 5.41) is 0. The number of aryl methyl sites for hydroxylation is 1. The molecule has 0 aliphatic heterocycles. The second kappa shape index (κ2) is 4.23. The lowest BCUT2D eigenvalue weighted by Crippen LogP contribution is -2.46. The molecule has 1 aliphatic carbocycles. The van der Waals surface area contributed by atoms with Crippen molar-refractivity contribution in [2.45, 2.75) is 31.9 Å². The van der Waals surface area contributed by atoms with Gasteiger partial charge in [0.25, 0.3) is 0 Å². The third-order valence-corrected chi connectivity index (χ3v) is 3.12. The van der Waals surface area contributed by atoms with E-state index in [2.05, 4.69) is 50.2 Å². The first-order valence-corrected chi connectivity index (χ1v) is 5.55. The highest BCUT2D eigenvalue weighted by Crippen LogP contribution is 2.28. The summed E-state index contributed by atoms with van der Waals surface area (Å²) >= 11 is 0. The van der Waals surface area contributed by atoms with Crippen molar-refractivity contribution >= 4 is 0 Å². The second-order valence-electron chi connectivity index (χ2n) is 4.64. The van der Waals surface area contributed by atoms with Gasteiger partial charge in [-0.15, -0.1) is 0 Å². The summed E-state index contributed by atoms with van der Waals surface area (Å²) < 4.78 is 5.86. The first-order chi connectivity index (χ1) is 7.15. The highest BCUT2D eigenvalue weighted by atomic mass is 16.5. The predicted octanol–water partition coefficient (Wildman–Crippen LogP) is 2.47. The summed E-state index contributed by atoms with van der Waals surface area (Å²) in [7, 11) is 4.26. The van der Waals surface area contributed by atoms with Crippen LogP contribution in [-0.2, 0) is 0 Å². The molecule has 1 aromatic rings. The van der Waals surface area contributed by atoms with Gasteiger partial charge in [0.15, 0.2) is 0 Å². The summed E-state index contributed by atoms with van der Waals surface area (Å²) in [6.07, 6.45) is 2.72. The Kier molecular flexibility index (Phi) is 2.96. The van der Waals surface area contributed by atoms with Gasteiger partial charge in [0.05, 0.1) is 0 Å². The molecule has 2 heteroatoms. The van der Waals surface area contributed by atoms with E-state index in [0.717, 1.165) is 18.6 Å². The van der Waals surface area contributed by atoms with Crippen LogP contribution in [0.1, 0.15) is 18.4 Å². The van der Waals surface area contributed by atoms with Gasteiger partial charge in [-0.2, -0.15) is 0 Å². The van der Waals surface area contributed by atoms with Crippen LogP contribution in [-0.4, -0.2) is 31.1 Å². The molecular weight excluding hydrogens is 186 g/mol. The summed E-state index contributed by atoms with van der Waals surface area (Å²) in [5.74, 6) is 1.00. The van der Waals surface area contributed by atoms with E-state index in [9.17, 15) is 0 Å².